The first-order valence-electron chi connectivity index (χ1n) is 7.01. The van der Waals surface area contributed by atoms with Gasteiger partial charge in [-0.15, -0.1) is 24.8 Å². The molecule has 0 spiro atoms. The Hall–Kier alpha value is -2.15. The van der Waals surface area contributed by atoms with E-state index in [1.807, 2.05) is 38.2 Å². The molecule has 24 heavy (non-hydrogen) atoms. The predicted molar refractivity (Wildman–Crippen MR) is 103 cm³/mol. The Morgan fingerprint density at radius 2 is 1.75 bits per heavy atom. The van der Waals surface area contributed by atoms with Crippen LogP contribution in [0.25, 0.3) is 21.8 Å². The first-order valence-corrected chi connectivity index (χ1v) is 7.01. The number of pyridine rings is 1. The second-order valence-electron chi connectivity index (χ2n) is 5.09. The summed E-state index contributed by atoms with van der Waals surface area (Å²) in [4.78, 5) is 15.6. The molecular formula is C16H18Cl2N4O2. The van der Waals surface area contributed by atoms with Crippen molar-refractivity contribution in [1.29, 1.82) is 0 Å². The van der Waals surface area contributed by atoms with E-state index in [0.717, 1.165) is 16.6 Å². The van der Waals surface area contributed by atoms with E-state index in [0.29, 0.717) is 10.9 Å². The molecule has 0 aliphatic heterocycles. The Bertz CT molecular complexity index is 873. The number of nitrogens with one attached hydrogen (secondary N) is 2. The van der Waals surface area contributed by atoms with Crippen LogP contribution in [0.2, 0.25) is 0 Å². The minimum absolute atomic E-state index is 0. The van der Waals surface area contributed by atoms with Gasteiger partial charge in [0.1, 0.15) is 5.39 Å². The van der Waals surface area contributed by atoms with Crippen LogP contribution in [0.3, 0.4) is 0 Å². The minimum atomic E-state index is -0.367. The molecule has 0 aliphatic carbocycles. The third-order valence-electron chi connectivity index (χ3n) is 3.68. The van der Waals surface area contributed by atoms with Crippen molar-refractivity contribution >= 4 is 58.0 Å². The number of halogens is 2. The molecule has 128 valence electrons. The normalized spacial score (nSPS) is 11.4. The standard InChI is InChI=1S/C16H16N4O2.2ClH/c1-10(17-2)18-16-11-6-3-4-7-12(11)19-13-8-5-9-14(15(13)16)20(21)22;;/h3-10,17H,1-2H3,(H,18,19);2*1H. The van der Waals surface area contributed by atoms with Gasteiger partial charge in [0.25, 0.3) is 5.69 Å². The topological polar surface area (TPSA) is 80.1 Å². The summed E-state index contributed by atoms with van der Waals surface area (Å²) in [5.41, 5.74) is 2.20. The molecule has 6 nitrogen and oxygen atoms in total. The number of fused-ring (bicyclic) bond motifs is 2. The zero-order valence-electron chi connectivity index (χ0n) is 13.1. The molecule has 8 heteroatoms. The van der Waals surface area contributed by atoms with E-state index in [1.54, 1.807) is 12.1 Å². The van der Waals surface area contributed by atoms with E-state index in [-0.39, 0.29) is 41.6 Å². The maximum Gasteiger partial charge on any atom is 0.280 e. The first kappa shape index (κ1) is 19.9. The SMILES string of the molecule is CNC(C)Nc1c2ccccc2nc2cccc([N+](=O)[O-])c12.Cl.Cl. The van der Waals surface area contributed by atoms with Gasteiger partial charge in [0.15, 0.2) is 0 Å². The van der Waals surface area contributed by atoms with Gasteiger partial charge in [-0.05, 0) is 26.1 Å². The molecule has 0 aliphatic rings. The highest BCUT2D eigenvalue weighted by Crippen LogP contribution is 2.36. The second kappa shape index (κ2) is 8.10. The number of nitro benzene ring substituents is 1. The Balaban J connectivity index is 0.00000144. The zero-order chi connectivity index (χ0) is 15.7. The van der Waals surface area contributed by atoms with E-state index in [2.05, 4.69) is 15.6 Å². The van der Waals surface area contributed by atoms with Crippen LogP contribution >= 0.6 is 24.8 Å². The molecule has 1 atom stereocenters. The highest BCUT2D eigenvalue weighted by Gasteiger charge is 2.19. The number of hydrogen-bond donors (Lipinski definition) is 2. The van der Waals surface area contributed by atoms with Gasteiger partial charge >= 0.3 is 0 Å². The van der Waals surface area contributed by atoms with Gasteiger partial charge in [-0.25, -0.2) is 4.98 Å². The fourth-order valence-corrected chi connectivity index (χ4v) is 2.52. The van der Waals surface area contributed by atoms with Crippen molar-refractivity contribution in [2.75, 3.05) is 12.4 Å². The Labute approximate surface area is 151 Å². The second-order valence-corrected chi connectivity index (χ2v) is 5.09. The van der Waals surface area contributed by atoms with Crippen LogP contribution in [0.5, 0.6) is 0 Å². The lowest BCUT2D eigenvalue weighted by Gasteiger charge is -2.18. The number of benzene rings is 2. The molecule has 0 saturated heterocycles. The van der Waals surface area contributed by atoms with Crippen molar-refractivity contribution < 1.29 is 4.92 Å². The summed E-state index contributed by atoms with van der Waals surface area (Å²) in [6, 6.07) is 12.6. The summed E-state index contributed by atoms with van der Waals surface area (Å²) in [6.07, 6.45) is -0.0335. The Morgan fingerprint density at radius 3 is 2.42 bits per heavy atom. The minimum Gasteiger partial charge on any atom is -0.369 e. The molecule has 3 rings (SSSR count). The van der Waals surface area contributed by atoms with Crippen LogP contribution in [-0.2, 0) is 0 Å². The highest BCUT2D eigenvalue weighted by atomic mass is 35.5. The molecule has 1 unspecified atom stereocenters. The van der Waals surface area contributed by atoms with Gasteiger partial charge in [-0.2, -0.15) is 0 Å². The lowest BCUT2D eigenvalue weighted by atomic mass is 10.1. The molecule has 0 amide bonds. The number of anilines is 1. The number of non-ortho nitro benzene ring substituents is 1. The summed E-state index contributed by atoms with van der Waals surface area (Å²) in [5.74, 6) is 0. The zero-order valence-corrected chi connectivity index (χ0v) is 14.8. The van der Waals surface area contributed by atoms with Gasteiger partial charge in [0.2, 0.25) is 0 Å². The van der Waals surface area contributed by atoms with E-state index in [1.165, 1.54) is 6.07 Å². The third kappa shape index (κ3) is 3.51. The molecule has 3 aromatic rings. The summed E-state index contributed by atoms with van der Waals surface area (Å²) in [7, 11) is 1.83. The molecule has 0 saturated carbocycles. The molecule has 0 radical (unpaired) electrons. The molecule has 2 aromatic carbocycles. The first-order chi connectivity index (χ1) is 10.6. The van der Waals surface area contributed by atoms with E-state index in [4.69, 9.17) is 0 Å². The maximum absolute atomic E-state index is 11.4. The van der Waals surface area contributed by atoms with Crippen molar-refractivity contribution in [3.63, 3.8) is 0 Å². The summed E-state index contributed by atoms with van der Waals surface area (Å²) in [6.45, 7) is 1.95. The van der Waals surface area contributed by atoms with Gasteiger partial charge in [-0.1, -0.05) is 24.3 Å². The Kier molecular flexibility index (Phi) is 6.71. The number of hydrogen-bond acceptors (Lipinski definition) is 5. The highest BCUT2D eigenvalue weighted by molar-refractivity contribution is 6.11. The number of rotatable bonds is 4. The van der Waals surface area contributed by atoms with Crippen LogP contribution < -0.4 is 10.6 Å². The molecule has 0 fully saturated rings. The van der Waals surface area contributed by atoms with Gasteiger partial charge in [-0.3, -0.25) is 10.1 Å². The average Bonchev–Trinajstić information content (AvgIpc) is 2.53. The molecule has 1 aromatic heterocycles. The van der Waals surface area contributed by atoms with Crippen LogP contribution in [0.4, 0.5) is 11.4 Å². The fourth-order valence-electron chi connectivity index (χ4n) is 2.52. The van der Waals surface area contributed by atoms with Gasteiger partial charge < -0.3 is 10.6 Å². The third-order valence-corrected chi connectivity index (χ3v) is 3.68. The van der Waals surface area contributed by atoms with Gasteiger partial charge in [0, 0.05) is 11.5 Å². The van der Waals surface area contributed by atoms with Crippen LogP contribution in [0.1, 0.15) is 6.92 Å². The van der Waals surface area contributed by atoms with Crippen molar-refractivity contribution in [2.45, 2.75) is 13.1 Å². The summed E-state index contributed by atoms with van der Waals surface area (Å²) < 4.78 is 0. The van der Waals surface area contributed by atoms with Crippen molar-refractivity contribution in [3.8, 4) is 0 Å². The van der Waals surface area contributed by atoms with Crippen molar-refractivity contribution in [2.24, 2.45) is 0 Å². The Morgan fingerprint density at radius 1 is 1.08 bits per heavy atom. The maximum atomic E-state index is 11.4. The summed E-state index contributed by atoms with van der Waals surface area (Å²) >= 11 is 0. The van der Waals surface area contributed by atoms with Crippen LogP contribution in [-0.4, -0.2) is 23.1 Å². The predicted octanol–water partition coefficient (Wildman–Crippen LogP) is 4.12. The molecule has 1 heterocycles. The van der Waals surface area contributed by atoms with Crippen molar-refractivity contribution in [3.05, 3.63) is 52.6 Å². The average molecular weight is 369 g/mol. The largest absolute Gasteiger partial charge is 0.369 e. The number of nitro groups is 1. The monoisotopic (exact) mass is 368 g/mol. The number of aromatic nitrogens is 1. The van der Waals surface area contributed by atoms with E-state index >= 15 is 0 Å². The molecule has 0 bridgehead atoms. The van der Waals surface area contributed by atoms with E-state index in [9.17, 15) is 10.1 Å². The van der Waals surface area contributed by atoms with Crippen LogP contribution in [0, 0.1) is 10.1 Å². The van der Waals surface area contributed by atoms with Crippen LogP contribution in [0.15, 0.2) is 42.5 Å². The molecular weight excluding hydrogens is 351 g/mol. The van der Waals surface area contributed by atoms with Crippen molar-refractivity contribution in [1.82, 2.24) is 10.3 Å². The number of para-hydroxylation sites is 1. The lowest BCUT2D eigenvalue weighted by molar-refractivity contribution is -0.383. The smallest absolute Gasteiger partial charge is 0.280 e. The summed E-state index contributed by atoms with van der Waals surface area (Å²) in [5, 5.41) is 19.2. The quantitative estimate of drug-likeness (QED) is 0.313. The molecule has 2 N–H and O–H groups in total. The van der Waals surface area contributed by atoms with E-state index < -0.39 is 0 Å². The number of nitrogens with zero attached hydrogens (tertiary/aromatic N) is 2. The fraction of sp³-hybridized carbons (Fsp3) is 0.188. The lowest BCUT2D eigenvalue weighted by Crippen LogP contribution is -2.30. The van der Waals surface area contributed by atoms with Gasteiger partial charge in [0.05, 0.1) is 27.8 Å².